The van der Waals surface area contributed by atoms with Crippen LogP contribution in [-0.2, 0) is 26.1 Å². The quantitative estimate of drug-likeness (QED) is 0.0622. The third-order valence-electron chi connectivity index (χ3n) is 14.7. The van der Waals surface area contributed by atoms with Gasteiger partial charge in [0.05, 0.1) is 28.5 Å². The number of pyridine rings is 1. The van der Waals surface area contributed by atoms with Gasteiger partial charge in [-0.05, 0) is 147 Å². The van der Waals surface area contributed by atoms with Gasteiger partial charge in [0.1, 0.15) is 30.3 Å². The van der Waals surface area contributed by atoms with E-state index < -0.39 is 36.5 Å². The summed E-state index contributed by atoms with van der Waals surface area (Å²) in [6.07, 6.45) is 9.01. The lowest BCUT2D eigenvalue weighted by Crippen LogP contribution is -2.59. The molecule has 0 saturated carbocycles. The number of halogens is 3. The molecule has 2 aromatic heterocycles. The summed E-state index contributed by atoms with van der Waals surface area (Å²) in [7, 11) is -1.03. The first-order valence-electron chi connectivity index (χ1n) is 24.2. The number of imide groups is 1. The maximum absolute atomic E-state index is 15.3. The Labute approximate surface area is 411 Å². The summed E-state index contributed by atoms with van der Waals surface area (Å²) < 4.78 is 51.1. The number of hydrogen-bond acceptors (Lipinski definition) is 13. The minimum atomic E-state index is -2.74. The van der Waals surface area contributed by atoms with E-state index in [4.69, 9.17) is 9.72 Å². The maximum atomic E-state index is 15.3. The van der Waals surface area contributed by atoms with Gasteiger partial charge in [-0.25, -0.2) is 13.8 Å². The molecule has 0 aliphatic carbocycles. The lowest BCUT2D eigenvalue weighted by molar-refractivity contribution is -0.133. The van der Waals surface area contributed by atoms with Crippen molar-refractivity contribution in [1.29, 1.82) is 0 Å². The van der Waals surface area contributed by atoms with Crippen molar-refractivity contribution in [2.75, 3.05) is 94.9 Å². The maximum Gasteiger partial charge on any atom is 0.229 e. The molecular weight excluding hydrogens is 966 g/mol. The van der Waals surface area contributed by atoms with E-state index in [1.54, 1.807) is 32.8 Å². The van der Waals surface area contributed by atoms with E-state index in [1.807, 2.05) is 29.2 Å². The van der Waals surface area contributed by atoms with Crippen LogP contribution in [0.25, 0.3) is 10.9 Å². The Morgan fingerprint density at radius 2 is 1.62 bits per heavy atom. The van der Waals surface area contributed by atoms with Gasteiger partial charge in [-0.15, -0.1) is 0 Å². The fourth-order valence-corrected chi connectivity index (χ4v) is 12.9. The average Bonchev–Trinajstić information content (AvgIpc) is 3.33. The zero-order valence-electron chi connectivity index (χ0n) is 39.8. The van der Waals surface area contributed by atoms with E-state index >= 15 is 8.78 Å². The molecule has 6 heterocycles. The number of rotatable bonds is 14. The molecule has 0 bridgehead atoms. The van der Waals surface area contributed by atoms with Crippen molar-refractivity contribution in [2.45, 2.75) is 69.7 Å². The van der Waals surface area contributed by atoms with Crippen LogP contribution in [-0.4, -0.2) is 116 Å². The Morgan fingerprint density at radius 3 is 2.29 bits per heavy atom. The summed E-state index contributed by atoms with van der Waals surface area (Å²) in [6.45, 7) is 13.9. The predicted molar refractivity (Wildman–Crippen MR) is 272 cm³/mol. The van der Waals surface area contributed by atoms with Crippen molar-refractivity contribution < 1.29 is 27.7 Å². The van der Waals surface area contributed by atoms with Gasteiger partial charge in [0.2, 0.25) is 17.8 Å². The number of anilines is 5. The summed E-state index contributed by atoms with van der Waals surface area (Å²) in [6, 6.07) is 14.8. The molecule has 4 N–H and O–H groups in total. The first kappa shape index (κ1) is 48.9. The number of hydrogen-bond donors (Lipinski definition) is 4. The second kappa shape index (κ2) is 20.7. The summed E-state index contributed by atoms with van der Waals surface area (Å²) in [4.78, 5) is 45.1. The van der Waals surface area contributed by atoms with Gasteiger partial charge in [0, 0.05) is 97.9 Å². The second-order valence-corrected chi connectivity index (χ2v) is 23.3. The molecule has 0 spiro atoms. The van der Waals surface area contributed by atoms with Crippen molar-refractivity contribution in [1.82, 2.24) is 35.4 Å². The van der Waals surface area contributed by atoms with E-state index in [0.717, 1.165) is 119 Å². The van der Waals surface area contributed by atoms with Gasteiger partial charge in [-0.3, -0.25) is 24.8 Å². The number of nitrogens with zero attached hydrogens (tertiary/aromatic N) is 6. The molecule has 4 fully saturated rings. The number of methoxy groups -OCH3 is 1. The van der Waals surface area contributed by atoms with Crippen LogP contribution in [0.2, 0.25) is 0 Å². The number of piperidine rings is 3. The van der Waals surface area contributed by atoms with Gasteiger partial charge >= 0.3 is 0 Å². The van der Waals surface area contributed by atoms with Gasteiger partial charge in [0.25, 0.3) is 0 Å². The SMILES string of the molecule is CCc1cc(Nc2ncc(Br)c(Nc3ccc4ncccc4c3P(C)(C)=O)n2)c(OC)cc1C1(N2CCN(CCC3CCN(c4cc(F)c(C5CC(=O)NC(=O)C5)c(F)c4)CC3)CC2)CCNCC1. The smallest absolute Gasteiger partial charge is 0.229 e. The first-order valence-corrected chi connectivity index (χ1v) is 27.6. The topological polar surface area (TPSA) is 157 Å². The second-order valence-electron chi connectivity index (χ2n) is 19.3. The molecule has 4 aliphatic rings. The van der Waals surface area contributed by atoms with Crippen LogP contribution in [0.4, 0.5) is 37.6 Å². The molecule has 0 radical (unpaired) electrons. The molecule has 69 heavy (non-hydrogen) atoms. The molecule has 0 unspecified atom stereocenters. The highest BCUT2D eigenvalue weighted by Gasteiger charge is 2.43. The standard InChI is InChI=1S/C51H62BrF2N10O4P/c1-5-33-25-43(59-50-57-31-38(52)49(61-50)58-42-9-8-41-36(7-6-15-56-41)48(42)69(3,4)67)44(68-2)30-37(33)51(13-16-55-17-14-51)64-23-21-62(22-24-64)18-10-32-11-19-63(20-12-32)35-28-39(53)47(40(54)29-35)34-26-45(65)60-46(66)27-34/h6-9,15,25,28-32,34,55H,5,10-14,16-24,26-27H2,1-4H3,(H,60,65,66)(H2,57,58,59,61). The third-order valence-corrected chi connectivity index (χ3v) is 16.8. The van der Waals surface area contributed by atoms with E-state index in [2.05, 4.69) is 76.0 Å². The molecule has 18 heteroatoms. The van der Waals surface area contributed by atoms with E-state index in [9.17, 15) is 14.2 Å². The largest absolute Gasteiger partial charge is 0.495 e. The number of carbonyl (C=O) groups is 2. The molecule has 4 saturated heterocycles. The first-order chi connectivity index (χ1) is 33.2. The number of aryl methyl sites for hydroxylation is 1. The normalized spacial score (nSPS) is 18.9. The van der Waals surface area contributed by atoms with Crippen molar-refractivity contribution in [2.24, 2.45) is 5.92 Å². The zero-order chi connectivity index (χ0) is 48.5. The summed E-state index contributed by atoms with van der Waals surface area (Å²) in [5, 5.41) is 14.3. The van der Waals surface area contributed by atoms with Gasteiger partial charge in [-0.1, -0.05) is 13.0 Å². The molecule has 4 aliphatic heterocycles. The van der Waals surface area contributed by atoms with Crippen molar-refractivity contribution in [3.63, 3.8) is 0 Å². The Bertz CT molecular complexity index is 2730. The number of nitrogens with one attached hydrogen (secondary N) is 4. The van der Waals surface area contributed by atoms with E-state index in [0.29, 0.717) is 39.3 Å². The lowest BCUT2D eigenvalue weighted by atomic mass is 9.76. The van der Waals surface area contributed by atoms with Crippen LogP contribution in [0, 0.1) is 17.6 Å². The zero-order valence-corrected chi connectivity index (χ0v) is 42.3. The number of carbonyl (C=O) groups excluding carboxylic acids is 2. The minimum absolute atomic E-state index is 0.106. The molecule has 366 valence electrons. The van der Waals surface area contributed by atoms with Crippen LogP contribution >= 0.6 is 23.1 Å². The van der Waals surface area contributed by atoms with Crippen LogP contribution < -0.4 is 36.2 Å². The van der Waals surface area contributed by atoms with Crippen molar-refractivity contribution in [3.8, 4) is 5.75 Å². The average molecular weight is 1030 g/mol. The Balaban J connectivity index is 0.843. The van der Waals surface area contributed by atoms with Crippen LogP contribution in [0.3, 0.4) is 0 Å². The Kier molecular flexibility index (Phi) is 14.7. The molecular formula is C51H62BrF2N10O4P. The van der Waals surface area contributed by atoms with Crippen molar-refractivity contribution in [3.05, 3.63) is 93.7 Å². The molecule has 3 aromatic carbocycles. The van der Waals surface area contributed by atoms with Crippen LogP contribution in [0.15, 0.2) is 65.4 Å². The molecule has 0 atom stereocenters. The lowest BCUT2D eigenvalue weighted by Gasteiger charge is -2.51. The summed E-state index contributed by atoms with van der Waals surface area (Å²) in [5.41, 5.74) is 4.99. The monoisotopic (exact) mass is 1030 g/mol. The van der Waals surface area contributed by atoms with Gasteiger partial charge in [-0.2, -0.15) is 4.98 Å². The Hall–Kier alpha value is -5.06. The summed E-state index contributed by atoms with van der Waals surface area (Å²) >= 11 is 3.63. The van der Waals surface area contributed by atoms with Crippen LogP contribution in [0.1, 0.15) is 74.5 Å². The minimum Gasteiger partial charge on any atom is -0.495 e. The predicted octanol–water partition coefficient (Wildman–Crippen LogP) is 8.39. The fourth-order valence-electron chi connectivity index (χ4n) is 11.2. The number of fused-ring (bicyclic) bond motifs is 1. The highest BCUT2D eigenvalue weighted by atomic mass is 79.9. The Morgan fingerprint density at radius 1 is 0.913 bits per heavy atom. The number of benzene rings is 3. The van der Waals surface area contributed by atoms with Crippen LogP contribution in [0.5, 0.6) is 5.75 Å². The number of piperazine rings is 1. The molecule has 14 nitrogen and oxygen atoms in total. The third kappa shape index (κ3) is 10.5. The van der Waals surface area contributed by atoms with E-state index in [1.165, 1.54) is 23.3 Å². The molecule has 5 aromatic rings. The highest BCUT2D eigenvalue weighted by Crippen LogP contribution is 2.45. The number of ether oxygens (including phenoxy) is 1. The number of aromatic nitrogens is 3. The molecule has 2 amide bonds. The van der Waals surface area contributed by atoms with Gasteiger partial charge in [0.15, 0.2) is 0 Å². The highest BCUT2D eigenvalue weighted by molar-refractivity contribution is 9.10. The molecule has 9 rings (SSSR count). The van der Waals surface area contributed by atoms with Gasteiger partial charge < -0.3 is 35.1 Å². The fraction of sp³-hybridized carbons (Fsp3) is 0.471. The number of amides is 2. The van der Waals surface area contributed by atoms with Crippen molar-refractivity contribution >= 4 is 79.9 Å². The summed E-state index contributed by atoms with van der Waals surface area (Å²) in [5.74, 6) is -1.04. The van der Waals surface area contributed by atoms with E-state index in [-0.39, 0.29) is 23.9 Å².